The van der Waals surface area contributed by atoms with Crippen molar-refractivity contribution in [3.8, 4) is 5.69 Å². The molecule has 6 rings (SSSR count). The SMILES string of the molecule is Cc1ccc(N(c2ccc(C)cc2)c2ccccc2-n2nc3ccc4ccccc4c3n2)cc1. The molecule has 0 radical (unpaired) electrons. The molecule has 0 saturated heterocycles. The van der Waals surface area contributed by atoms with Crippen LogP contribution in [-0.4, -0.2) is 15.0 Å². The Morgan fingerprint density at radius 1 is 0.588 bits per heavy atom. The molecule has 4 heteroatoms. The summed E-state index contributed by atoms with van der Waals surface area (Å²) in [6.45, 7) is 4.22. The number of fused-ring (bicyclic) bond motifs is 3. The van der Waals surface area contributed by atoms with Crippen molar-refractivity contribution in [3.63, 3.8) is 0 Å². The number of hydrogen-bond acceptors (Lipinski definition) is 3. The van der Waals surface area contributed by atoms with Crippen LogP contribution >= 0.6 is 0 Å². The van der Waals surface area contributed by atoms with Gasteiger partial charge >= 0.3 is 0 Å². The van der Waals surface area contributed by atoms with Gasteiger partial charge in [0.25, 0.3) is 0 Å². The summed E-state index contributed by atoms with van der Waals surface area (Å²) in [5, 5.41) is 12.1. The summed E-state index contributed by atoms with van der Waals surface area (Å²) in [6, 6.07) is 38.0. The molecule has 1 aromatic heterocycles. The maximum absolute atomic E-state index is 4.95. The molecule has 6 aromatic rings. The number of aryl methyl sites for hydroxylation is 2. The zero-order chi connectivity index (χ0) is 23.1. The van der Waals surface area contributed by atoms with Gasteiger partial charge in [-0.25, -0.2) is 0 Å². The largest absolute Gasteiger partial charge is 0.308 e. The average molecular weight is 441 g/mol. The highest BCUT2D eigenvalue weighted by atomic mass is 15.5. The van der Waals surface area contributed by atoms with E-state index >= 15 is 0 Å². The molecule has 0 unspecified atom stereocenters. The van der Waals surface area contributed by atoms with Crippen molar-refractivity contribution in [2.45, 2.75) is 13.8 Å². The third-order valence-corrected chi connectivity index (χ3v) is 6.20. The van der Waals surface area contributed by atoms with Gasteiger partial charge in [-0.05, 0) is 61.7 Å². The molecule has 0 fully saturated rings. The summed E-state index contributed by atoms with van der Waals surface area (Å²) in [7, 11) is 0. The second-order valence-corrected chi connectivity index (χ2v) is 8.64. The lowest BCUT2D eigenvalue weighted by molar-refractivity contribution is 0.766. The van der Waals surface area contributed by atoms with E-state index in [2.05, 4.69) is 110 Å². The lowest BCUT2D eigenvalue weighted by atomic mass is 10.1. The van der Waals surface area contributed by atoms with Crippen LogP contribution in [0.3, 0.4) is 0 Å². The van der Waals surface area contributed by atoms with Crippen molar-refractivity contribution in [1.82, 2.24) is 15.0 Å². The predicted molar refractivity (Wildman–Crippen MR) is 141 cm³/mol. The Kier molecular flexibility index (Phi) is 4.84. The van der Waals surface area contributed by atoms with Crippen molar-refractivity contribution in [2.24, 2.45) is 0 Å². The summed E-state index contributed by atoms with van der Waals surface area (Å²) in [4.78, 5) is 4.03. The molecule has 0 aliphatic carbocycles. The number of anilines is 3. The normalized spacial score (nSPS) is 11.2. The Morgan fingerprint density at radius 2 is 1.21 bits per heavy atom. The van der Waals surface area contributed by atoms with Gasteiger partial charge < -0.3 is 4.90 Å². The number of benzene rings is 5. The summed E-state index contributed by atoms with van der Waals surface area (Å²) < 4.78 is 0. The number of rotatable bonds is 4. The zero-order valence-corrected chi connectivity index (χ0v) is 19.2. The van der Waals surface area contributed by atoms with E-state index in [1.807, 2.05) is 18.2 Å². The fraction of sp³-hybridized carbons (Fsp3) is 0.0667. The lowest BCUT2D eigenvalue weighted by Gasteiger charge is -2.27. The quantitative estimate of drug-likeness (QED) is 0.282. The first-order valence-electron chi connectivity index (χ1n) is 11.4. The molecular weight excluding hydrogens is 416 g/mol. The van der Waals surface area contributed by atoms with Gasteiger partial charge in [0, 0.05) is 16.8 Å². The molecule has 0 aliphatic rings. The van der Waals surface area contributed by atoms with Gasteiger partial charge in [-0.2, -0.15) is 0 Å². The first-order chi connectivity index (χ1) is 16.7. The standard InChI is InChI=1S/C30H24N4/c1-21-11-16-24(17-12-21)33(25-18-13-22(2)14-19-25)28-9-5-6-10-29(28)34-31-27-20-15-23-7-3-4-8-26(23)30(27)32-34/h3-20H,1-2H3. The molecule has 0 atom stereocenters. The minimum absolute atomic E-state index is 0.880. The maximum atomic E-state index is 4.95. The molecule has 4 nitrogen and oxygen atoms in total. The highest BCUT2D eigenvalue weighted by molar-refractivity contribution is 6.03. The first-order valence-corrected chi connectivity index (χ1v) is 11.4. The van der Waals surface area contributed by atoms with E-state index in [4.69, 9.17) is 10.2 Å². The molecule has 0 amide bonds. The van der Waals surface area contributed by atoms with Crippen molar-refractivity contribution < 1.29 is 0 Å². The van der Waals surface area contributed by atoms with Crippen LogP contribution in [0.4, 0.5) is 17.1 Å². The maximum Gasteiger partial charge on any atom is 0.121 e. The van der Waals surface area contributed by atoms with Gasteiger partial charge in [-0.15, -0.1) is 15.0 Å². The smallest absolute Gasteiger partial charge is 0.121 e. The fourth-order valence-electron chi connectivity index (χ4n) is 4.39. The number of aromatic nitrogens is 3. The van der Waals surface area contributed by atoms with Crippen LogP contribution in [0.25, 0.3) is 27.5 Å². The summed E-state index contributed by atoms with van der Waals surface area (Å²) in [6.07, 6.45) is 0. The Labute approximate surface area is 198 Å². The Balaban J connectivity index is 1.57. The third kappa shape index (κ3) is 3.50. The molecule has 1 heterocycles. The first kappa shape index (κ1) is 20.2. The average Bonchev–Trinajstić information content (AvgIpc) is 3.32. The van der Waals surface area contributed by atoms with E-state index in [-0.39, 0.29) is 0 Å². The Bertz CT molecular complexity index is 1570. The molecule has 164 valence electrons. The van der Waals surface area contributed by atoms with Gasteiger partial charge in [0.2, 0.25) is 0 Å². The van der Waals surface area contributed by atoms with Crippen LogP contribution in [-0.2, 0) is 0 Å². The van der Waals surface area contributed by atoms with Crippen molar-refractivity contribution in [2.75, 3.05) is 4.90 Å². The van der Waals surface area contributed by atoms with Crippen molar-refractivity contribution in [3.05, 3.63) is 120 Å². The lowest BCUT2D eigenvalue weighted by Crippen LogP contribution is -2.14. The fourth-order valence-corrected chi connectivity index (χ4v) is 4.39. The van der Waals surface area contributed by atoms with Crippen LogP contribution < -0.4 is 4.90 Å². The predicted octanol–water partition coefficient (Wildman–Crippen LogP) is 7.66. The van der Waals surface area contributed by atoms with E-state index in [1.54, 1.807) is 4.80 Å². The van der Waals surface area contributed by atoms with Crippen LogP contribution in [0.5, 0.6) is 0 Å². The van der Waals surface area contributed by atoms with Gasteiger partial charge in [-0.3, -0.25) is 0 Å². The topological polar surface area (TPSA) is 34.0 Å². The van der Waals surface area contributed by atoms with E-state index in [0.717, 1.165) is 44.6 Å². The number of nitrogens with zero attached hydrogens (tertiary/aromatic N) is 4. The number of para-hydroxylation sites is 2. The van der Waals surface area contributed by atoms with Crippen LogP contribution in [0.2, 0.25) is 0 Å². The molecule has 0 N–H and O–H groups in total. The molecule has 0 aliphatic heterocycles. The van der Waals surface area contributed by atoms with Gasteiger partial charge in [0.1, 0.15) is 16.7 Å². The van der Waals surface area contributed by atoms with E-state index in [0.29, 0.717) is 0 Å². The highest BCUT2D eigenvalue weighted by Crippen LogP contribution is 2.38. The zero-order valence-electron chi connectivity index (χ0n) is 19.2. The molecular formula is C30H24N4. The molecule has 0 bridgehead atoms. The van der Waals surface area contributed by atoms with Gasteiger partial charge in [-0.1, -0.05) is 77.9 Å². The monoisotopic (exact) mass is 440 g/mol. The summed E-state index contributed by atoms with van der Waals surface area (Å²) in [5.41, 5.74) is 8.35. The molecule has 0 saturated carbocycles. The minimum atomic E-state index is 0.880. The summed E-state index contributed by atoms with van der Waals surface area (Å²) >= 11 is 0. The minimum Gasteiger partial charge on any atom is -0.308 e. The third-order valence-electron chi connectivity index (χ3n) is 6.20. The van der Waals surface area contributed by atoms with Crippen molar-refractivity contribution >= 4 is 38.9 Å². The second kappa shape index (κ2) is 8.16. The molecule has 34 heavy (non-hydrogen) atoms. The van der Waals surface area contributed by atoms with Gasteiger partial charge in [0.05, 0.1) is 5.69 Å². The summed E-state index contributed by atoms with van der Waals surface area (Å²) in [5.74, 6) is 0. The van der Waals surface area contributed by atoms with Crippen LogP contribution in [0, 0.1) is 13.8 Å². The van der Waals surface area contributed by atoms with Crippen LogP contribution in [0.15, 0.2) is 109 Å². The molecule has 0 spiro atoms. The van der Waals surface area contributed by atoms with E-state index in [9.17, 15) is 0 Å². The highest BCUT2D eigenvalue weighted by Gasteiger charge is 2.18. The van der Waals surface area contributed by atoms with Crippen molar-refractivity contribution in [1.29, 1.82) is 0 Å². The number of hydrogen-bond donors (Lipinski definition) is 0. The van der Waals surface area contributed by atoms with Gasteiger partial charge in [0.15, 0.2) is 0 Å². The van der Waals surface area contributed by atoms with E-state index < -0.39 is 0 Å². The second-order valence-electron chi connectivity index (χ2n) is 8.64. The van der Waals surface area contributed by atoms with E-state index in [1.165, 1.54) is 11.1 Å². The Morgan fingerprint density at radius 3 is 1.91 bits per heavy atom. The Hall–Kier alpha value is -4.44. The van der Waals surface area contributed by atoms with Crippen LogP contribution in [0.1, 0.15) is 11.1 Å². The molecule has 5 aromatic carbocycles.